The lowest BCUT2D eigenvalue weighted by molar-refractivity contribution is -0.118. The molecule has 112 valence electrons. The molecule has 0 saturated heterocycles. The fourth-order valence-corrected chi connectivity index (χ4v) is 2.35. The van der Waals surface area contributed by atoms with Gasteiger partial charge >= 0.3 is 0 Å². The molecular weight excluding hydrogens is 283 g/mol. The Labute approximate surface area is 127 Å². The van der Waals surface area contributed by atoms with Gasteiger partial charge in [0, 0.05) is 24.3 Å². The van der Waals surface area contributed by atoms with Crippen molar-refractivity contribution in [2.75, 3.05) is 12.1 Å². The van der Waals surface area contributed by atoms with Crippen LogP contribution in [0.1, 0.15) is 12.8 Å². The van der Waals surface area contributed by atoms with Crippen molar-refractivity contribution in [3.8, 4) is 16.9 Å². The Morgan fingerprint density at radius 1 is 1.18 bits per heavy atom. The summed E-state index contributed by atoms with van der Waals surface area (Å²) in [4.78, 5) is 11.8. The van der Waals surface area contributed by atoms with E-state index in [1.807, 2.05) is 0 Å². The molecule has 1 heterocycles. The van der Waals surface area contributed by atoms with Gasteiger partial charge in [0.1, 0.15) is 11.6 Å². The number of rotatable bonds is 3. The van der Waals surface area contributed by atoms with Crippen LogP contribution in [0.25, 0.3) is 11.1 Å². The number of ether oxygens (including phenoxy) is 1. The summed E-state index contributed by atoms with van der Waals surface area (Å²) in [5.41, 5.74) is 1.66. The first-order valence-electron chi connectivity index (χ1n) is 6.98. The summed E-state index contributed by atoms with van der Waals surface area (Å²) in [7, 11) is 1.58. The molecular formula is C17H15FN2O2. The van der Waals surface area contributed by atoms with Crippen LogP contribution < -0.4 is 9.75 Å². The highest BCUT2D eigenvalue weighted by Crippen LogP contribution is 2.29. The standard InChI is InChI=1S/C17H15FN2O2/c1-22-14-7-4-12(5-8-14)15-9-6-13(11-16(15)18)20-17(21)3-2-10-19-20/h4-11H,2-3H2,1H3. The van der Waals surface area contributed by atoms with E-state index in [9.17, 15) is 9.18 Å². The lowest BCUT2D eigenvalue weighted by atomic mass is 10.0. The van der Waals surface area contributed by atoms with Crippen LogP contribution in [0.3, 0.4) is 0 Å². The summed E-state index contributed by atoms with van der Waals surface area (Å²) in [6, 6.07) is 11.8. The highest BCUT2D eigenvalue weighted by atomic mass is 19.1. The zero-order valence-electron chi connectivity index (χ0n) is 12.1. The van der Waals surface area contributed by atoms with E-state index in [1.165, 1.54) is 11.1 Å². The predicted molar refractivity (Wildman–Crippen MR) is 83.6 cm³/mol. The Morgan fingerprint density at radius 2 is 1.95 bits per heavy atom. The monoisotopic (exact) mass is 298 g/mol. The first-order chi connectivity index (χ1) is 10.7. The maximum absolute atomic E-state index is 14.4. The summed E-state index contributed by atoms with van der Waals surface area (Å²) in [5, 5.41) is 5.26. The number of hydrogen-bond donors (Lipinski definition) is 0. The number of halogens is 1. The zero-order chi connectivity index (χ0) is 15.5. The van der Waals surface area contributed by atoms with Crippen LogP contribution in [0, 0.1) is 5.82 Å². The molecule has 5 heteroatoms. The highest BCUT2D eigenvalue weighted by molar-refractivity contribution is 5.97. The van der Waals surface area contributed by atoms with Crippen LogP contribution in [0.15, 0.2) is 47.6 Å². The molecule has 3 rings (SSSR count). The van der Waals surface area contributed by atoms with Crippen LogP contribution in [-0.4, -0.2) is 19.2 Å². The average molecular weight is 298 g/mol. The number of carbonyl (C=O) groups is 1. The first-order valence-corrected chi connectivity index (χ1v) is 6.98. The van der Waals surface area contributed by atoms with Crippen molar-refractivity contribution in [2.24, 2.45) is 5.10 Å². The van der Waals surface area contributed by atoms with Crippen molar-refractivity contribution in [3.05, 3.63) is 48.3 Å². The van der Waals surface area contributed by atoms with Crippen molar-refractivity contribution in [2.45, 2.75) is 12.8 Å². The molecule has 0 radical (unpaired) electrons. The van der Waals surface area contributed by atoms with Gasteiger partial charge in [0.25, 0.3) is 0 Å². The highest BCUT2D eigenvalue weighted by Gasteiger charge is 2.18. The molecule has 0 bridgehead atoms. The van der Waals surface area contributed by atoms with E-state index in [0.717, 1.165) is 5.56 Å². The van der Waals surface area contributed by atoms with Crippen molar-refractivity contribution in [1.29, 1.82) is 0 Å². The van der Waals surface area contributed by atoms with E-state index < -0.39 is 5.82 Å². The Kier molecular flexibility index (Phi) is 3.87. The topological polar surface area (TPSA) is 41.9 Å². The van der Waals surface area contributed by atoms with Crippen LogP contribution in [0.5, 0.6) is 5.75 Å². The quantitative estimate of drug-likeness (QED) is 0.868. The molecule has 0 atom stereocenters. The molecule has 22 heavy (non-hydrogen) atoms. The molecule has 0 spiro atoms. The van der Waals surface area contributed by atoms with E-state index in [-0.39, 0.29) is 5.91 Å². The molecule has 0 unspecified atom stereocenters. The molecule has 2 aromatic rings. The van der Waals surface area contributed by atoms with Crippen LogP contribution in [0.4, 0.5) is 10.1 Å². The summed E-state index contributed by atoms with van der Waals surface area (Å²) in [6.45, 7) is 0. The lowest BCUT2D eigenvalue weighted by Gasteiger charge is -2.20. The largest absolute Gasteiger partial charge is 0.497 e. The summed E-state index contributed by atoms with van der Waals surface area (Å²) in [5.74, 6) is 0.198. The Hall–Kier alpha value is -2.69. The van der Waals surface area contributed by atoms with Gasteiger partial charge in [0.15, 0.2) is 0 Å². The summed E-state index contributed by atoms with van der Waals surface area (Å²) >= 11 is 0. The fourth-order valence-electron chi connectivity index (χ4n) is 2.35. The van der Waals surface area contributed by atoms with Gasteiger partial charge in [-0.15, -0.1) is 0 Å². The second kappa shape index (κ2) is 5.97. The molecule has 1 aliphatic heterocycles. The van der Waals surface area contributed by atoms with Gasteiger partial charge in [0.2, 0.25) is 5.91 Å². The fraction of sp³-hybridized carbons (Fsp3) is 0.176. The van der Waals surface area contributed by atoms with Gasteiger partial charge < -0.3 is 4.74 Å². The minimum absolute atomic E-state index is 0.126. The number of hydrazone groups is 1. The predicted octanol–water partition coefficient (Wildman–Crippen LogP) is 3.61. The second-order valence-corrected chi connectivity index (χ2v) is 4.93. The number of carbonyl (C=O) groups excluding carboxylic acids is 1. The Morgan fingerprint density at radius 3 is 2.59 bits per heavy atom. The van der Waals surface area contributed by atoms with E-state index in [2.05, 4.69) is 5.10 Å². The van der Waals surface area contributed by atoms with Gasteiger partial charge in [-0.2, -0.15) is 5.10 Å². The number of nitrogens with zero attached hydrogens (tertiary/aromatic N) is 2. The third kappa shape index (κ3) is 2.70. The van der Waals surface area contributed by atoms with Gasteiger partial charge in [-0.25, -0.2) is 9.40 Å². The normalized spacial score (nSPS) is 14.3. The van der Waals surface area contributed by atoms with Crippen LogP contribution in [0.2, 0.25) is 0 Å². The molecule has 1 aliphatic rings. The van der Waals surface area contributed by atoms with E-state index in [0.29, 0.717) is 29.8 Å². The maximum atomic E-state index is 14.4. The molecule has 0 fully saturated rings. The van der Waals surface area contributed by atoms with Gasteiger partial charge in [-0.1, -0.05) is 12.1 Å². The first kappa shape index (κ1) is 14.3. The van der Waals surface area contributed by atoms with Crippen molar-refractivity contribution in [1.82, 2.24) is 0 Å². The number of hydrogen-bond acceptors (Lipinski definition) is 3. The number of anilines is 1. The van der Waals surface area contributed by atoms with E-state index >= 15 is 0 Å². The summed E-state index contributed by atoms with van der Waals surface area (Å²) < 4.78 is 19.5. The molecule has 0 aliphatic carbocycles. The molecule has 1 amide bonds. The van der Waals surface area contributed by atoms with Crippen molar-refractivity contribution >= 4 is 17.8 Å². The lowest BCUT2D eigenvalue weighted by Crippen LogP contribution is -2.28. The van der Waals surface area contributed by atoms with Crippen molar-refractivity contribution < 1.29 is 13.9 Å². The Bertz CT molecular complexity index is 726. The molecule has 4 nitrogen and oxygen atoms in total. The Balaban J connectivity index is 1.93. The van der Waals surface area contributed by atoms with Gasteiger partial charge in [0.05, 0.1) is 12.8 Å². The van der Waals surface area contributed by atoms with E-state index in [4.69, 9.17) is 4.74 Å². The minimum Gasteiger partial charge on any atom is -0.497 e. The van der Waals surface area contributed by atoms with Crippen molar-refractivity contribution in [3.63, 3.8) is 0 Å². The van der Waals surface area contributed by atoms with Crippen LogP contribution in [-0.2, 0) is 4.79 Å². The number of methoxy groups -OCH3 is 1. The molecule has 0 saturated carbocycles. The van der Waals surface area contributed by atoms with Crippen LogP contribution >= 0.6 is 0 Å². The zero-order valence-corrected chi connectivity index (χ0v) is 12.1. The third-order valence-corrected chi connectivity index (χ3v) is 3.52. The summed E-state index contributed by atoms with van der Waals surface area (Å²) in [6.07, 6.45) is 2.68. The molecule has 2 aromatic carbocycles. The number of benzene rings is 2. The van der Waals surface area contributed by atoms with Gasteiger partial charge in [-0.3, -0.25) is 4.79 Å². The number of amides is 1. The third-order valence-electron chi connectivity index (χ3n) is 3.52. The smallest absolute Gasteiger partial charge is 0.247 e. The molecule has 0 N–H and O–H groups in total. The van der Waals surface area contributed by atoms with E-state index in [1.54, 1.807) is 49.7 Å². The van der Waals surface area contributed by atoms with Gasteiger partial charge in [-0.05, 0) is 36.2 Å². The SMILES string of the molecule is COc1ccc(-c2ccc(N3N=CCCC3=O)cc2F)cc1. The minimum atomic E-state index is -0.392. The molecule has 0 aromatic heterocycles. The maximum Gasteiger partial charge on any atom is 0.247 e. The average Bonchev–Trinajstić information content (AvgIpc) is 2.55. The second-order valence-electron chi connectivity index (χ2n) is 4.93.